The molecule has 0 radical (unpaired) electrons. The Morgan fingerprint density at radius 2 is 1.66 bits per heavy atom. The van der Waals surface area contributed by atoms with Crippen molar-refractivity contribution in [3.8, 4) is 0 Å². The van der Waals surface area contributed by atoms with Crippen LogP contribution in [0.1, 0.15) is 12.0 Å². The van der Waals surface area contributed by atoms with Gasteiger partial charge in [-0.05, 0) is 36.2 Å². The Kier molecular flexibility index (Phi) is 6.42. The van der Waals surface area contributed by atoms with Crippen molar-refractivity contribution in [2.24, 2.45) is 0 Å². The lowest BCUT2D eigenvalue weighted by Gasteiger charge is -2.35. The molecule has 0 spiro atoms. The summed E-state index contributed by atoms with van der Waals surface area (Å²) in [5.41, 5.74) is 2.36. The molecular weight excluding hydrogens is 367 g/mol. The molecule has 2 aromatic carbocycles. The van der Waals surface area contributed by atoms with E-state index in [9.17, 15) is 9.18 Å². The SMILES string of the molecule is O=C(CN1CCN(c2ccc(F)cc2)CC1)N[C@@H]1CCN(Cc2ccccc2)C1. The van der Waals surface area contributed by atoms with Crippen LogP contribution in [0.4, 0.5) is 10.1 Å². The van der Waals surface area contributed by atoms with Gasteiger partial charge in [0.1, 0.15) is 5.82 Å². The molecule has 1 atom stereocenters. The van der Waals surface area contributed by atoms with Gasteiger partial charge in [0.2, 0.25) is 5.91 Å². The van der Waals surface area contributed by atoms with E-state index < -0.39 is 0 Å². The Morgan fingerprint density at radius 3 is 2.38 bits per heavy atom. The predicted octanol–water partition coefficient (Wildman–Crippen LogP) is 2.34. The topological polar surface area (TPSA) is 38.8 Å². The number of carbonyl (C=O) groups is 1. The van der Waals surface area contributed by atoms with E-state index in [1.54, 1.807) is 0 Å². The van der Waals surface area contributed by atoms with Crippen LogP contribution < -0.4 is 10.2 Å². The van der Waals surface area contributed by atoms with Crippen LogP contribution >= 0.6 is 0 Å². The summed E-state index contributed by atoms with van der Waals surface area (Å²) < 4.78 is 13.1. The van der Waals surface area contributed by atoms with Crippen molar-refractivity contribution in [1.29, 1.82) is 0 Å². The van der Waals surface area contributed by atoms with Gasteiger partial charge < -0.3 is 10.2 Å². The second kappa shape index (κ2) is 9.37. The quantitative estimate of drug-likeness (QED) is 0.814. The van der Waals surface area contributed by atoms with Gasteiger partial charge in [-0.1, -0.05) is 30.3 Å². The first-order valence-corrected chi connectivity index (χ1v) is 10.4. The molecule has 2 aromatic rings. The molecule has 0 unspecified atom stereocenters. The van der Waals surface area contributed by atoms with Crippen LogP contribution in [-0.4, -0.2) is 67.6 Å². The van der Waals surface area contributed by atoms with E-state index in [1.165, 1.54) is 17.7 Å². The molecule has 154 valence electrons. The minimum Gasteiger partial charge on any atom is -0.369 e. The Hall–Kier alpha value is -2.44. The summed E-state index contributed by atoms with van der Waals surface area (Å²) in [6.07, 6.45) is 1.01. The molecule has 2 heterocycles. The molecule has 0 aliphatic carbocycles. The molecule has 2 fully saturated rings. The molecule has 0 aromatic heterocycles. The van der Waals surface area contributed by atoms with Crippen molar-refractivity contribution in [3.63, 3.8) is 0 Å². The van der Waals surface area contributed by atoms with Crippen LogP contribution in [0.3, 0.4) is 0 Å². The van der Waals surface area contributed by atoms with Gasteiger partial charge in [0, 0.05) is 57.5 Å². The third kappa shape index (κ3) is 5.55. The van der Waals surface area contributed by atoms with Crippen LogP contribution in [0.5, 0.6) is 0 Å². The summed E-state index contributed by atoms with van der Waals surface area (Å²) in [6, 6.07) is 17.4. The smallest absolute Gasteiger partial charge is 0.234 e. The fourth-order valence-electron chi connectivity index (χ4n) is 4.23. The van der Waals surface area contributed by atoms with Crippen molar-refractivity contribution in [1.82, 2.24) is 15.1 Å². The lowest BCUT2D eigenvalue weighted by atomic mass is 10.2. The van der Waals surface area contributed by atoms with E-state index in [2.05, 4.69) is 44.3 Å². The van der Waals surface area contributed by atoms with E-state index in [4.69, 9.17) is 0 Å². The van der Waals surface area contributed by atoms with Gasteiger partial charge in [0.15, 0.2) is 0 Å². The van der Waals surface area contributed by atoms with Crippen LogP contribution in [0.25, 0.3) is 0 Å². The molecule has 5 nitrogen and oxygen atoms in total. The van der Waals surface area contributed by atoms with Crippen LogP contribution in [0.2, 0.25) is 0 Å². The van der Waals surface area contributed by atoms with E-state index in [-0.39, 0.29) is 17.8 Å². The normalized spacial score (nSPS) is 20.7. The van der Waals surface area contributed by atoms with E-state index in [1.807, 2.05) is 18.2 Å². The Balaban J connectivity index is 1.17. The summed E-state index contributed by atoms with van der Waals surface area (Å²) >= 11 is 0. The standard InChI is InChI=1S/C23H29FN4O/c24-20-6-8-22(9-7-20)28-14-12-26(13-15-28)18-23(29)25-21-10-11-27(17-21)16-19-4-2-1-3-5-19/h1-9,21H,10-18H2,(H,25,29)/t21-/m1/s1. The summed E-state index contributed by atoms with van der Waals surface area (Å²) in [5.74, 6) is -0.0925. The molecule has 0 bridgehead atoms. The van der Waals surface area contributed by atoms with Gasteiger partial charge in [-0.25, -0.2) is 4.39 Å². The number of amides is 1. The number of nitrogens with zero attached hydrogens (tertiary/aromatic N) is 3. The second-order valence-electron chi connectivity index (χ2n) is 8.01. The van der Waals surface area contributed by atoms with Gasteiger partial charge in [-0.2, -0.15) is 0 Å². The van der Waals surface area contributed by atoms with Crippen molar-refractivity contribution >= 4 is 11.6 Å². The number of carbonyl (C=O) groups excluding carboxylic acids is 1. The highest BCUT2D eigenvalue weighted by Crippen LogP contribution is 2.17. The third-order valence-electron chi connectivity index (χ3n) is 5.82. The third-order valence-corrected chi connectivity index (χ3v) is 5.82. The molecular formula is C23H29FN4O. The van der Waals surface area contributed by atoms with Crippen molar-refractivity contribution < 1.29 is 9.18 Å². The Bertz CT molecular complexity index is 790. The number of benzene rings is 2. The van der Waals surface area contributed by atoms with Crippen LogP contribution in [0.15, 0.2) is 54.6 Å². The van der Waals surface area contributed by atoms with E-state index in [0.717, 1.165) is 57.9 Å². The van der Waals surface area contributed by atoms with Crippen molar-refractivity contribution in [3.05, 3.63) is 66.0 Å². The van der Waals surface area contributed by atoms with Crippen LogP contribution in [-0.2, 0) is 11.3 Å². The second-order valence-corrected chi connectivity index (χ2v) is 8.01. The first-order chi connectivity index (χ1) is 14.2. The number of likely N-dealkylation sites (tertiary alicyclic amines) is 1. The summed E-state index contributed by atoms with van der Waals surface area (Å²) in [6.45, 7) is 6.73. The maximum Gasteiger partial charge on any atom is 0.234 e. The number of hydrogen-bond acceptors (Lipinski definition) is 4. The zero-order valence-electron chi connectivity index (χ0n) is 16.8. The number of piperazine rings is 1. The molecule has 1 amide bonds. The minimum absolute atomic E-state index is 0.117. The highest BCUT2D eigenvalue weighted by atomic mass is 19.1. The fraction of sp³-hybridized carbons (Fsp3) is 0.435. The first-order valence-electron chi connectivity index (χ1n) is 10.4. The lowest BCUT2D eigenvalue weighted by molar-refractivity contribution is -0.122. The zero-order valence-corrected chi connectivity index (χ0v) is 16.8. The van der Waals surface area contributed by atoms with Gasteiger partial charge in [-0.3, -0.25) is 14.6 Å². The predicted molar refractivity (Wildman–Crippen MR) is 113 cm³/mol. The van der Waals surface area contributed by atoms with Crippen LogP contribution in [0, 0.1) is 5.82 Å². The summed E-state index contributed by atoms with van der Waals surface area (Å²) in [5, 5.41) is 3.21. The molecule has 0 saturated carbocycles. The molecule has 29 heavy (non-hydrogen) atoms. The largest absolute Gasteiger partial charge is 0.369 e. The Morgan fingerprint density at radius 1 is 0.931 bits per heavy atom. The molecule has 1 N–H and O–H groups in total. The lowest BCUT2D eigenvalue weighted by Crippen LogP contribution is -2.50. The molecule has 4 rings (SSSR count). The fourth-order valence-corrected chi connectivity index (χ4v) is 4.23. The number of halogens is 1. The minimum atomic E-state index is -0.210. The molecule has 6 heteroatoms. The van der Waals surface area contributed by atoms with Gasteiger partial charge in [0.25, 0.3) is 0 Å². The number of hydrogen-bond donors (Lipinski definition) is 1. The maximum absolute atomic E-state index is 13.1. The Labute approximate surface area is 172 Å². The summed E-state index contributed by atoms with van der Waals surface area (Å²) in [4.78, 5) is 19.3. The average Bonchev–Trinajstić information content (AvgIpc) is 3.16. The number of rotatable bonds is 6. The molecule has 2 aliphatic heterocycles. The van der Waals surface area contributed by atoms with Gasteiger partial charge >= 0.3 is 0 Å². The maximum atomic E-state index is 13.1. The van der Waals surface area contributed by atoms with Crippen molar-refractivity contribution in [2.75, 3.05) is 50.7 Å². The zero-order chi connectivity index (χ0) is 20.1. The first kappa shape index (κ1) is 19.9. The number of nitrogens with one attached hydrogen (secondary N) is 1. The van der Waals surface area contributed by atoms with E-state index in [0.29, 0.717) is 6.54 Å². The average molecular weight is 397 g/mol. The number of anilines is 1. The van der Waals surface area contributed by atoms with E-state index >= 15 is 0 Å². The van der Waals surface area contributed by atoms with Gasteiger partial charge in [0.05, 0.1) is 6.54 Å². The highest BCUT2D eigenvalue weighted by molar-refractivity contribution is 5.78. The van der Waals surface area contributed by atoms with Gasteiger partial charge in [-0.15, -0.1) is 0 Å². The molecule has 2 aliphatic rings. The van der Waals surface area contributed by atoms with Crippen molar-refractivity contribution in [2.45, 2.75) is 19.0 Å². The monoisotopic (exact) mass is 396 g/mol. The summed E-state index contributed by atoms with van der Waals surface area (Å²) in [7, 11) is 0. The molecule has 2 saturated heterocycles. The highest BCUT2D eigenvalue weighted by Gasteiger charge is 2.25.